The second kappa shape index (κ2) is 3.09. The van der Waals surface area contributed by atoms with Crippen molar-refractivity contribution < 1.29 is 4.39 Å². The van der Waals surface area contributed by atoms with E-state index in [0.717, 1.165) is 12.1 Å². The number of nitrogen functional groups attached to an aromatic ring is 2. The minimum atomic E-state index is -0.480. The first-order valence-electron chi connectivity index (χ1n) is 3.35. The van der Waals surface area contributed by atoms with Crippen molar-refractivity contribution in [3.8, 4) is 6.07 Å². The lowest BCUT2D eigenvalue weighted by Gasteiger charge is -2.04. The normalized spacial score (nSPS) is 9.33. The molecule has 0 saturated heterocycles. The summed E-state index contributed by atoms with van der Waals surface area (Å²) in [6, 6.07) is 4.21. The van der Waals surface area contributed by atoms with Gasteiger partial charge in [-0.1, -0.05) is 0 Å². The van der Waals surface area contributed by atoms with E-state index in [0.29, 0.717) is 5.56 Å². The Morgan fingerprint density at radius 3 is 2.25 bits per heavy atom. The third-order valence-corrected chi connectivity index (χ3v) is 1.54. The van der Waals surface area contributed by atoms with Crippen LogP contribution in [0, 0.1) is 17.1 Å². The maximum atomic E-state index is 12.6. The van der Waals surface area contributed by atoms with Gasteiger partial charge in [0.1, 0.15) is 5.82 Å². The zero-order chi connectivity index (χ0) is 9.14. The van der Waals surface area contributed by atoms with Crippen LogP contribution < -0.4 is 11.5 Å². The molecule has 0 atom stereocenters. The highest BCUT2D eigenvalue weighted by atomic mass is 19.1. The average molecular weight is 165 g/mol. The Morgan fingerprint density at radius 1 is 1.33 bits per heavy atom. The minimum Gasteiger partial charge on any atom is -0.398 e. The molecule has 0 aliphatic rings. The van der Waals surface area contributed by atoms with E-state index < -0.39 is 5.82 Å². The molecule has 0 radical (unpaired) electrons. The van der Waals surface area contributed by atoms with E-state index in [4.69, 9.17) is 16.7 Å². The first-order valence-corrected chi connectivity index (χ1v) is 3.35. The highest BCUT2D eigenvalue weighted by molar-refractivity contribution is 5.62. The fraction of sp³-hybridized carbons (Fsp3) is 0.125. The van der Waals surface area contributed by atoms with Crippen molar-refractivity contribution in [1.29, 1.82) is 5.26 Å². The number of rotatable bonds is 1. The fourth-order valence-electron chi connectivity index (χ4n) is 0.963. The van der Waals surface area contributed by atoms with Crippen molar-refractivity contribution >= 4 is 11.4 Å². The Hall–Kier alpha value is -1.76. The molecule has 0 saturated carbocycles. The topological polar surface area (TPSA) is 75.8 Å². The van der Waals surface area contributed by atoms with E-state index in [1.807, 2.05) is 6.07 Å². The predicted molar refractivity (Wildman–Crippen MR) is 44.5 cm³/mol. The van der Waals surface area contributed by atoms with Gasteiger partial charge in [-0.2, -0.15) is 5.26 Å². The Kier molecular flexibility index (Phi) is 2.15. The van der Waals surface area contributed by atoms with E-state index in [1.165, 1.54) is 0 Å². The van der Waals surface area contributed by atoms with Crippen LogP contribution in [0.1, 0.15) is 5.56 Å². The molecule has 0 unspecified atom stereocenters. The number of halogens is 1. The van der Waals surface area contributed by atoms with Crippen LogP contribution in [0.2, 0.25) is 0 Å². The van der Waals surface area contributed by atoms with Gasteiger partial charge in [0.25, 0.3) is 0 Å². The molecule has 0 aliphatic carbocycles. The lowest BCUT2D eigenvalue weighted by atomic mass is 10.1. The molecule has 4 N–H and O–H groups in total. The molecule has 1 rings (SSSR count). The average Bonchev–Trinajstić information content (AvgIpc) is 1.96. The van der Waals surface area contributed by atoms with Crippen molar-refractivity contribution in [2.45, 2.75) is 6.42 Å². The predicted octanol–water partition coefficient (Wildman–Crippen LogP) is 1.06. The standard InChI is InChI=1S/C8H8FN3/c9-5-3-7(11)6(1-2-10)8(12)4-5/h3-4H,1,11-12H2. The Labute approximate surface area is 69.4 Å². The van der Waals surface area contributed by atoms with Gasteiger partial charge in [0, 0.05) is 16.9 Å². The first kappa shape index (κ1) is 8.34. The number of nitriles is 1. The first-order chi connectivity index (χ1) is 5.65. The van der Waals surface area contributed by atoms with Crippen molar-refractivity contribution in [3.05, 3.63) is 23.5 Å². The van der Waals surface area contributed by atoms with E-state index in [2.05, 4.69) is 0 Å². The van der Waals surface area contributed by atoms with Crippen LogP contribution in [-0.4, -0.2) is 0 Å². The van der Waals surface area contributed by atoms with Gasteiger partial charge in [-0.3, -0.25) is 0 Å². The van der Waals surface area contributed by atoms with E-state index in [9.17, 15) is 4.39 Å². The SMILES string of the molecule is N#CCc1c(N)cc(F)cc1N. The van der Waals surface area contributed by atoms with Crippen molar-refractivity contribution in [2.24, 2.45) is 0 Å². The van der Waals surface area contributed by atoms with E-state index in [-0.39, 0.29) is 17.8 Å². The fourth-order valence-corrected chi connectivity index (χ4v) is 0.963. The summed E-state index contributed by atoms with van der Waals surface area (Å²) in [7, 11) is 0. The van der Waals surface area contributed by atoms with Gasteiger partial charge in [-0.25, -0.2) is 4.39 Å². The molecule has 3 nitrogen and oxygen atoms in total. The van der Waals surface area contributed by atoms with Crippen LogP contribution in [0.5, 0.6) is 0 Å². The molecule has 0 aliphatic heterocycles. The van der Waals surface area contributed by atoms with Crippen molar-refractivity contribution in [1.82, 2.24) is 0 Å². The quantitative estimate of drug-likeness (QED) is 0.611. The number of nitrogens with two attached hydrogens (primary N) is 2. The molecular formula is C8H8FN3. The maximum Gasteiger partial charge on any atom is 0.127 e. The van der Waals surface area contributed by atoms with Gasteiger partial charge >= 0.3 is 0 Å². The zero-order valence-electron chi connectivity index (χ0n) is 6.34. The van der Waals surface area contributed by atoms with Crippen molar-refractivity contribution in [2.75, 3.05) is 11.5 Å². The van der Waals surface area contributed by atoms with Crippen LogP contribution in [-0.2, 0) is 6.42 Å². The minimum absolute atomic E-state index is 0.109. The summed E-state index contributed by atoms with van der Waals surface area (Å²) in [6.07, 6.45) is 0.109. The second-order valence-electron chi connectivity index (χ2n) is 2.40. The Bertz CT molecular complexity index is 318. The van der Waals surface area contributed by atoms with Gasteiger partial charge in [-0.15, -0.1) is 0 Å². The number of hydrogen-bond acceptors (Lipinski definition) is 3. The summed E-state index contributed by atoms with van der Waals surface area (Å²) in [4.78, 5) is 0. The third-order valence-electron chi connectivity index (χ3n) is 1.54. The molecule has 12 heavy (non-hydrogen) atoms. The molecule has 0 amide bonds. The summed E-state index contributed by atoms with van der Waals surface area (Å²) >= 11 is 0. The van der Waals surface area contributed by atoms with Crippen LogP contribution in [0.3, 0.4) is 0 Å². The summed E-state index contributed by atoms with van der Waals surface area (Å²) < 4.78 is 12.6. The van der Waals surface area contributed by atoms with Crippen LogP contribution in [0.4, 0.5) is 15.8 Å². The van der Waals surface area contributed by atoms with Crippen LogP contribution >= 0.6 is 0 Å². The molecule has 0 heterocycles. The summed E-state index contributed by atoms with van der Waals surface area (Å²) in [5.74, 6) is -0.480. The van der Waals surface area contributed by atoms with Gasteiger partial charge < -0.3 is 11.5 Å². The lowest BCUT2D eigenvalue weighted by Crippen LogP contribution is -2.00. The highest BCUT2D eigenvalue weighted by Crippen LogP contribution is 2.21. The van der Waals surface area contributed by atoms with Crippen LogP contribution in [0.25, 0.3) is 0 Å². The number of benzene rings is 1. The largest absolute Gasteiger partial charge is 0.398 e. The van der Waals surface area contributed by atoms with E-state index in [1.54, 1.807) is 0 Å². The summed E-state index contributed by atoms with van der Waals surface area (Å²) in [5.41, 5.74) is 11.8. The second-order valence-corrected chi connectivity index (χ2v) is 2.40. The molecule has 0 spiro atoms. The Morgan fingerprint density at radius 2 is 1.83 bits per heavy atom. The van der Waals surface area contributed by atoms with Gasteiger partial charge in [0.05, 0.1) is 12.5 Å². The summed E-state index contributed by atoms with van der Waals surface area (Å²) in [5, 5.41) is 8.38. The molecule has 1 aromatic carbocycles. The number of anilines is 2. The number of nitrogens with zero attached hydrogens (tertiary/aromatic N) is 1. The van der Waals surface area contributed by atoms with Gasteiger partial charge in [0.15, 0.2) is 0 Å². The number of hydrogen-bond donors (Lipinski definition) is 2. The highest BCUT2D eigenvalue weighted by Gasteiger charge is 2.05. The smallest absolute Gasteiger partial charge is 0.127 e. The molecule has 0 aromatic heterocycles. The molecular weight excluding hydrogens is 157 g/mol. The van der Waals surface area contributed by atoms with Gasteiger partial charge in [0.2, 0.25) is 0 Å². The molecule has 1 aromatic rings. The van der Waals surface area contributed by atoms with Crippen LogP contribution in [0.15, 0.2) is 12.1 Å². The summed E-state index contributed by atoms with van der Waals surface area (Å²) in [6.45, 7) is 0. The maximum absolute atomic E-state index is 12.6. The van der Waals surface area contributed by atoms with E-state index >= 15 is 0 Å². The molecule has 0 bridgehead atoms. The Balaban J connectivity index is 3.21. The molecule has 4 heteroatoms. The van der Waals surface area contributed by atoms with Gasteiger partial charge in [-0.05, 0) is 12.1 Å². The molecule has 62 valence electrons. The van der Waals surface area contributed by atoms with Crippen molar-refractivity contribution in [3.63, 3.8) is 0 Å². The lowest BCUT2D eigenvalue weighted by molar-refractivity contribution is 0.628. The third kappa shape index (κ3) is 1.45. The molecule has 0 fully saturated rings. The monoisotopic (exact) mass is 165 g/mol. The zero-order valence-corrected chi connectivity index (χ0v) is 6.34.